The number of carbonyl (C=O) groups is 1. The maximum atomic E-state index is 12.6. The van der Waals surface area contributed by atoms with Crippen molar-refractivity contribution in [2.45, 2.75) is 44.8 Å². The Morgan fingerprint density at radius 1 is 1.33 bits per heavy atom. The lowest BCUT2D eigenvalue weighted by atomic mass is 10.1. The van der Waals surface area contributed by atoms with Gasteiger partial charge < -0.3 is 14.5 Å². The molecule has 2 N–H and O–H groups in total. The van der Waals surface area contributed by atoms with E-state index in [0.717, 1.165) is 28.7 Å². The molecule has 2 aromatic heterocycles. The van der Waals surface area contributed by atoms with Gasteiger partial charge in [-0.15, -0.1) is 0 Å². The molecule has 0 aliphatic rings. The molecule has 0 fully saturated rings. The minimum atomic E-state index is -4.17. The normalized spacial score (nSPS) is 12.9. The number of amides is 1. The van der Waals surface area contributed by atoms with Crippen LogP contribution in [0, 0.1) is 6.92 Å². The summed E-state index contributed by atoms with van der Waals surface area (Å²) in [6.45, 7) is 3.80. The van der Waals surface area contributed by atoms with E-state index >= 15 is 0 Å². The van der Waals surface area contributed by atoms with Crippen molar-refractivity contribution in [2.24, 2.45) is 12.8 Å². The van der Waals surface area contributed by atoms with Gasteiger partial charge in [0.15, 0.2) is 0 Å². The molecule has 10 heteroatoms. The summed E-state index contributed by atoms with van der Waals surface area (Å²) in [5.74, 6) is 0.751. The van der Waals surface area contributed by atoms with Crippen LogP contribution in [0.2, 0.25) is 5.02 Å². The van der Waals surface area contributed by atoms with E-state index in [0.29, 0.717) is 23.6 Å². The van der Waals surface area contributed by atoms with E-state index < -0.39 is 21.5 Å². The van der Waals surface area contributed by atoms with Crippen LogP contribution >= 0.6 is 11.6 Å². The second kappa shape index (κ2) is 8.69. The number of primary amides is 1. The third kappa shape index (κ3) is 4.46. The van der Waals surface area contributed by atoms with Gasteiger partial charge >= 0.3 is 16.2 Å². The van der Waals surface area contributed by atoms with Gasteiger partial charge in [-0.05, 0) is 44.0 Å². The molecule has 0 saturated heterocycles. The summed E-state index contributed by atoms with van der Waals surface area (Å²) in [6.07, 6.45) is 2.56. The Labute approximate surface area is 180 Å². The Balaban J connectivity index is 2.08. The van der Waals surface area contributed by atoms with Crippen LogP contribution in [0.3, 0.4) is 0 Å². The van der Waals surface area contributed by atoms with Crippen molar-refractivity contribution in [1.29, 1.82) is 0 Å². The number of fused-ring (bicyclic) bond motifs is 1. The van der Waals surface area contributed by atoms with E-state index in [2.05, 4.69) is 9.28 Å². The van der Waals surface area contributed by atoms with E-state index in [4.69, 9.17) is 17.3 Å². The largest absolute Gasteiger partial charge is 0.420 e. The zero-order valence-corrected chi connectivity index (χ0v) is 18.7. The van der Waals surface area contributed by atoms with Crippen molar-refractivity contribution in [1.82, 2.24) is 14.3 Å². The number of nitrogens with zero attached hydrogens (tertiary/aromatic N) is 3. The van der Waals surface area contributed by atoms with Gasteiger partial charge in [-0.3, -0.25) is 4.68 Å². The molecule has 3 rings (SSSR count). The van der Waals surface area contributed by atoms with Crippen molar-refractivity contribution in [3.05, 3.63) is 46.7 Å². The number of carbonyl (C=O) groups excluding carboxylic acids is 1. The van der Waals surface area contributed by atoms with Gasteiger partial charge in [0, 0.05) is 29.2 Å². The van der Waals surface area contributed by atoms with Gasteiger partial charge in [-0.2, -0.15) is 13.5 Å². The number of halogens is 1. The third-order valence-electron chi connectivity index (χ3n) is 5.11. The van der Waals surface area contributed by atoms with E-state index in [1.165, 1.54) is 0 Å². The lowest BCUT2D eigenvalue weighted by Crippen LogP contribution is -2.30. The van der Waals surface area contributed by atoms with Crippen LogP contribution in [0.4, 0.5) is 4.79 Å². The Bertz CT molecular complexity index is 1180. The number of rotatable bonds is 8. The van der Waals surface area contributed by atoms with Crippen molar-refractivity contribution < 1.29 is 17.4 Å². The quantitative estimate of drug-likeness (QED) is 0.522. The van der Waals surface area contributed by atoms with Crippen LogP contribution in [0.1, 0.15) is 37.4 Å². The smallest absolute Gasteiger partial charge is 0.334 e. The topological polar surface area (TPSA) is 109 Å². The van der Waals surface area contributed by atoms with Crippen LogP contribution < -0.4 is 5.73 Å². The summed E-state index contributed by atoms with van der Waals surface area (Å²) >= 11 is 6.10. The standard InChI is InChI=1S/C20H25ClN4O4S/c1-4-5-6-16(30(27,28)29-20(22)26)12-17-13(2)23-24(3)19(17)25-10-9-14-11-15(21)7-8-18(14)25/h7-11,16H,4-6,12H2,1-3H3,(H2,22,26). The zero-order chi connectivity index (χ0) is 22.1. The van der Waals surface area contributed by atoms with E-state index in [1.54, 1.807) is 10.7 Å². The van der Waals surface area contributed by atoms with Gasteiger partial charge in [0.25, 0.3) is 0 Å². The monoisotopic (exact) mass is 452 g/mol. The van der Waals surface area contributed by atoms with Gasteiger partial charge in [0.05, 0.1) is 11.2 Å². The highest BCUT2D eigenvalue weighted by Crippen LogP contribution is 2.29. The molecular weight excluding hydrogens is 428 g/mol. The molecule has 30 heavy (non-hydrogen) atoms. The number of nitrogens with two attached hydrogens (primary N) is 1. The lowest BCUT2D eigenvalue weighted by molar-refractivity contribution is 0.211. The van der Waals surface area contributed by atoms with Crippen molar-refractivity contribution in [2.75, 3.05) is 0 Å². The molecule has 0 bridgehead atoms. The van der Waals surface area contributed by atoms with Crippen molar-refractivity contribution in [3.63, 3.8) is 0 Å². The molecule has 0 aliphatic heterocycles. The summed E-state index contributed by atoms with van der Waals surface area (Å²) in [5, 5.41) is 5.19. The molecular formula is C20H25ClN4O4S. The number of benzene rings is 1. The van der Waals surface area contributed by atoms with Gasteiger partial charge in [-0.1, -0.05) is 31.4 Å². The Morgan fingerprint density at radius 2 is 2.07 bits per heavy atom. The van der Waals surface area contributed by atoms with Gasteiger partial charge in [-0.25, -0.2) is 4.79 Å². The fourth-order valence-corrected chi connectivity index (χ4v) is 5.09. The molecule has 1 atom stereocenters. The summed E-state index contributed by atoms with van der Waals surface area (Å²) in [7, 11) is -2.36. The second-order valence-corrected chi connectivity index (χ2v) is 9.52. The third-order valence-corrected chi connectivity index (χ3v) is 6.96. The van der Waals surface area contributed by atoms with Crippen molar-refractivity contribution >= 4 is 38.7 Å². The van der Waals surface area contributed by atoms with Gasteiger partial charge in [0.2, 0.25) is 0 Å². The highest BCUT2D eigenvalue weighted by molar-refractivity contribution is 7.87. The first-order valence-electron chi connectivity index (χ1n) is 9.66. The summed E-state index contributed by atoms with van der Waals surface area (Å²) in [4.78, 5) is 11.1. The minimum absolute atomic E-state index is 0.151. The lowest BCUT2D eigenvalue weighted by Gasteiger charge is -2.17. The van der Waals surface area contributed by atoms with Crippen molar-refractivity contribution in [3.8, 4) is 5.82 Å². The molecule has 1 aromatic carbocycles. The number of aryl methyl sites for hydroxylation is 2. The molecule has 2 heterocycles. The summed E-state index contributed by atoms with van der Waals surface area (Å²) < 4.78 is 33.5. The first-order valence-corrected chi connectivity index (χ1v) is 11.5. The Morgan fingerprint density at radius 3 is 2.73 bits per heavy atom. The number of hydrogen-bond donors (Lipinski definition) is 1. The summed E-state index contributed by atoms with van der Waals surface area (Å²) in [6, 6.07) is 7.52. The van der Waals surface area contributed by atoms with E-state index in [-0.39, 0.29) is 6.42 Å². The fraction of sp³-hybridized carbons (Fsp3) is 0.400. The predicted octanol–water partition coefficient (Wildman–Crippen LogP) is 3.85. The number of aromatic nitrogens is 3. The second-order valence-electron chi connectivity index (χ2n) is 7.26. The molecule has 0 aliphatic carbocycles. The van der Waals surface area contributed by atoms with Crippen LogP contribution in [0.5, 0.6) is 0 Å². The van der Waals surface area contributed by atoms with Gasteiger partial charge in [0.1, 0.15) is 11.1 Å². The Hall–Kier alpha value is -2.52. The highest BCUT2D eigenvalue weighted by Gasteiger charge is 2.31. The van der Waals surface area contributed by atoms with E-state index in [1.807, 2.05) is 49.9 Å². The molecule has 0 spiro atoms. The molecule has 3 aromatic rings. The molecule has 1 unspecified atom stereocenters. The molecule has 162 valence electrons. The fourth-order valence-electron chi connectivity index (χ4n) is 3.72. The highest BCUT2D eigenvalue weighted by atomic mass is 35.5. The Kier molecular flexibility index (Phi) is 6.42. The first-order chi connectivity index (χ1) is 14.1. The molecule has 0 radical (unpaired) electrons. The maximum absolute atomic E-state index is 12.6. The number of unbranched alkanes of at least 4 members (excludes halogenated alkanes) is 1. The average Bonchev–Trinajstić information content (AvgIpc) is 3.16. The van der Waals surface area contributed by atoms with Crippen LogP contribution in [-0.2, 0) is 27.8 Å². The van der Waals surface area contributed by atoms with E-state index in [9.17, 15) is 13.2 Å². The molecule has 8 nitrogen and oxygen atoms in total. The van der Waals surface area contributed by atoms with Crippen LogP contribution in [0.25, 0.3) is 16.7 Å². The summed E-state index contributed by atoms with van der Waals surface area (Å²) in [5.41, 5.74) is 7.38. The minimum Gasteiger partial charge on any atom is -0.334 e. The van der Waals surface area contributed by atoms with Crippen LogP contribution in [-0.4, -0.2) is 34.1 Å². The predicted molar refractivity (Wildman–Crippen MR) is 116 cm³/mol. The average molecular weight is 453 g/mol. The SMILES string of the molecule is CCCCC(Cc1c(C)nn(C)c1-n1ccc2cc(Cl)ccc21)S(=O)(=O)OC(N)=O. The first kappa shape index (κ1) is 22.2. The zero-order valence-electron chi connectivity index (χ0n) is 17.1. The molecule has 1 amide bonds. The molecule has 0 saturated carbocycles. The number of hydrogen-bond acceptors (Lipinski definition) is 5. The van der Waals surface area contributed by atoms with Crippen LogP contribution in [0.15, 0.2) is 30.5 Å². The maximum Gasteiger partial charge on any atom is 0.420 e.